The van der Waals surface area contributed by atoms with Crippen molar-refractivity contribution in [2.24, 2.45) is 0 Å². The highest BCUT2D eigenvalue weighted by molar-refractivity contribution is 5.86. The van der Waals surface area contributed by atoms with Crippen molar-refractivity contribution in [1.82, 2.24) is 9.88 Å². The normalized spacial score (nSPS) is 25.2. The fourth-order valence-electron chi connectivity index (χ4n) is 3.42. The number of carbonyl (C=O) groups excluding carboxylic acids is 1. The Morgan fingerprint density at radius 2 is 1.92 bits per heavy atom. The Kier molecular flexibility index (Phi) is 4.42. The zero-order chi connectivity index (χ0) is 17.4. The number of amides is 1. The third kappa shape index (κ3) is 3.33. The van der Waals surface area contributed by atoms with Gasteiger partial charge in [0.25, 0.3) is 5.91 Å². The number of rotatable bonds is 2. The van der Waals surface area contributed by atoms with Crippen LogP contribution in [0.15, 0.2) is 18.3 Å². The molecule has 24 heavy (non-hydrogen) atoms. The lowest BCUT2D eigenvalue weighted by Gasteiger charge is -2.41. The van der Waals surface area contributed by atoms with Crippen LogP contribution in [0.1, 0.15) is 31.4 Å². The molecule has 3 heterocycles. The molecule has 0 unspecified atom stereocenters. The predicted octanol–water partition coefficient (Wildman–Crippen LogP) is 2.05. The Bertz CT molecular complexity index is 617. The molecule has 2 aliphatic heterocycles. The molecular formula is C16H20F3N3O2. The lowest BCUT2D eigenvalue weighted by Crippen LogP contribution is -2.57. The molecule has 2 saturated heterocycles. The van der Waals surface area contributed by atoms with Crippen molar-refractivity contribution in [2.75, 3.05) is 31.1 Å². The monoisotopic (exact) mass is 343 g/mol. The van der Waals surface area contributed by atoms with Gasteiger partial charge in [-0.3, -0.25) is 9.78 Å². The summed E-state index contributed by atoms with van der Waals surface area (Å²) in [4.78, 5) is 19.2. The van der Waals surface area contributed by atoms with Gasteiger partial charge in [-0.2, -0.15) is 13.2 Å². The Morgan fingerprint density at radius 3 is 2.58 bits per heavy atom. The van der Waals surface area contributed by atoms with Gasteiger partial charge in [-0.25, -0.2) is 0 Å². The molecule has 0 spiro atoms. The van der Waals surface area contributed by atoms with Gasteiger partial charge >= 0.3 is 6.18 Å². The Labute approximate surface area is 138 Å². The van der Waals surface area contributed by atoms with Crippen LogP contribution in [0.5, 0.6) is 0 Å². The molecule has 5 nitrogen and oxygen atoms in total. The van der Waals surface area contributed by atoms with Crippen molar-refractivity contribution in [1.29, 1.82) is 0 Å². The van der Waals surface area contributed by atoms with Crippen LogP contribution < -0.4 is 4.90 Å². The number of aromatic nitrogens is 1. The number of aliphatic hydroxyl groups is 1. The van der Waals surface area contributed by atoms with Crippen molar-refractivity contribution >= 4 is 11.6 Å². The maximum atomic E-state index is 12.8. The number of pyridine rings is 1. The van der Waals surface area contributed by atoms with Crippen LogP contribution in [0.3, 0.4) is 0 Å². The minimum Gasteiger partial charge on any atom is -0.378 e. The number of hydrogen-bond donors (Lipinski definition) is 1. The summed E-state index contributed by atoms with van der Waals surface area (Å²) in [6, 6.07) is 2.44. The summed E-state index contributed by atoms with van der Waals surface area (Å²) in [5, 5.41) is 10.8. The molecule has 132 valence electrons. The van der Waals surface area contributed by atoms with Crippen molar-refractivity contribution in [3.8, 4) is 0 Å². The Hall–Kier alpha value is -1.83. The van der Waals surface area contributed by atoms with Crippen LogP contribution in [-0.2, 0) is 11.0 Å². The molecule has 0 aliphatic carbocycles. The first kappa shape index (κ1) is 17.0. The average molecular weight is 343 g/mol. The maximum Gasteiger partial charge on any atom is 0.433 e. The molecule has 1 amide bonds. The molecule has 1 aromatic rings. The first-order valence-corrected chi connectivity index (χ1v) is 8.10. The number of anilines is 1. The standard InChI is InChI=1S/C16H20F3N3O2/c17-16(18,19)13-10-12(4-6-20-13)22-9-3-5-15(24,11-22)14(23)21-7-1-2-8-21/h4,6,10,24H,1-3,5,7-9,11H2/t15-/m0/s1. The highest BCUT2D eigenvalue weighted by atomic mass is 19.4. The largest absolute Gasteiger partial charge is 0.433 e. The second kappa shape index (κ2) is 6.23. The molecular weight excluding hydrogens is 323 g/mol. The van der Waals surface area contributed by atoms with Gasteiger partial charge in [0.1, 0.15) is 5.69 Å². The fourth-order valence-corrected chi connectivity index (χ4v) is 3.42. The minimum atomic E-state index is -4.52. The first-order valence-electron chi connectivity index (χ1n) is 8.10. The fraction of sp³-hybridized carbons (Fsp3) is 0.625. The van der Waals surface area contributed by atoms with Crippen LogP contribution in [0.2, 0.25) is 0 Å². The van der Waals surface area contributed by atoms with Gasteiger partial charge in [-0.15, -0.1) is 0 Å². The zero-order valence-corrected chi connectivity index (χ0v) is 13.2. The second-order valence-electron chi connectivity index (χ2n) is 6.45. The number of β-amino-alcohol motifs (C(OH)–C–C–N with tert-alkyl or cyclic N) is 1. The maximum absolute atomic E-state index is 12.8. The molecule has 2 fully saturated rings. The average Bonchev–Trinajstić information content (AvgIpc) is 3.08. The van der Waals surface area contributed by atoms with Gasteiger partial charge < -0.3 is 14.9 Å². The molecule has 0 bridgehead atoms. The van der Waals surface area contributed by atoms with Crippen LogP contribution >= 0.6 is 0 Å². The lowest BCUT2D eigenvalue weighted by molar-refractivity contribution is -0.151. The van der Waals surface area contributed by atoms with E-state index in [4.69, 9.17) is 0 Å². The minimum absolute atomic E-state index is 0.00361. The lowest BCUT2D eigenvalue weighted by atomic mass is 9.91. The highest BCUT2D eigenvalue weighted by Gasteiger charge is 2.43. The molecule has 3 rings (SSSR count). The van der Waals surface area contributed by atoms with E-state index >= 15 is 0 Å². The second-order valence-corrected chi connectivity index (χ2v) is 6.45. The number of piperidine rings is 1. The Balaban J connectivity index is 1.79. The van der Waals surface area contributed by atoms with Gasteiger partial charge in [0, 0.05) is 31.5 Å². The van der Waals surface area contributed by atoms with Gasteiger partial charge in [0.15, 0.2) is 5.60 Å². The van der Waals surface area contributed by atoms with E-state index < -0.39 is 17.5 Å². The summed E-state index contributed by atoms with van der Waals surface area (Å²) in [7, 11) is 0. The van der Waals surface area contributed by atoms with Crippen molar-refractivity contribution in [3.63, 3.8) is 0 Å². The molecule has 0 saturated carbocycles. The SMILES string of the molecule is O=C(N1CCCC1)[C@]1(O)CCCN(c2ccnc(C(F)(F)F)c2)C1. The van der Waals surface area contributed by atoms with E-state index in [2.05, 4.69) is 4.98 Å². The number of nitrogens with zero attached hydrogens (tertiary/aromatic N) is 3. The smallest absolute Gasteiger partial charge is 0.378 e. The van der Waals surface area contributed by atoms with Crippen molar-refractivity contribution in [3.05, 3.63) is 24.0 Å². The number of hydrogen-bond acceptors (Lipinski definition) is 4. The van der Waals surface area contributed by atoms with Crippen LogP contribution in [0.4, 0.5) is 18.9 Å². The zero-order valence-electron chi connectivity index (χ0n) is 13.2. The van der Waals surface area contributed by atoms with E-state index in [9.17, 15) is 23.1 Å². The summed E-state index contributed by atoms with van der Waals surface area (Å²) in [5.41, 5.74) is -2.19. The molecule has 1 atom stereocenters. The highest BCUT2D eigenvalue weighted by Crippen LogP contribution is 2.32. The van der Waals surface area contributed by atoms with E-state index in [1.165, 1.54) is 6.07 Å². The van der Waals surface area contributed by atoms with E-state index in [0.29, 0.717) is 38.2 Å². The summed E-state index contributed by atoms with van der Waals surface area (Å²) in [6.07, 6.45) is -0.701. The third-order valence-corrected chi connectivity index (χ3v) is 4.66. The summed E-state index contributed by atoms with van der Waals surface area (Å²) >= 11 is 0. The van der Waals surface area contributed by atoms with Crippen LogP contribution in [0.25, 0.3) is 0 Å². The van der Waals surface area contributed by atoms with Crippen LogP contribution in [-0.4, -0.2) is 52.7 Å². The van der Waals surface area contributed by atoms with Gasteiger partial charge in [0.05, 0.1) is 6.54 Å². The third-order valence-electron chi connectivity index (χ3n) is 4.66. The van der Waals surface area contributed by atoms with Crippen molar-refractivity contribution in [2.45, 2.75) is 37.5 Å². The van der Waals surface area contributed by atoms with Gasteiger partial charge in [0.2, 0.25) is 0 Å². The topological polar surface area (TPSA) is 56.7 Å². The first-order chi connectivity index (χ1) is 11.3. The van der Waals surface area contributed by atoms with Gasteiger partial charge in [-0.05, 0) is 37.8 Å². The quantitative estimate of drug-likeness (QED) is 0.893. The molecule has 8 heteroatoms. The van der Waals surface area contributed by atoms with E-state index in [1.807, 2.05) is 0 Å². The van der Waals surface area contributed by atoms with Gasteiger partial charge in [-0.1, -0.05) is 0 Å². The van der Waals surface area contributed by atoms with E-state index in [-0.39, 0.29) is 12.5 Å². The van der Waals surface area contributed by atoms with Crippen molar-refractivity contribution < 1.29 is 23.1 Å². The van der Waals surface area contributed by atoms with E-state index in [1.54, 1.807) is 9.80 Å². The molecule has 2 aliphatic rings. The number of likely N-dealkylation sites (tertiary alicyclic amines) is 1. The Morgan fingerprint density at radius 1 is 1.21 bits per heavy atom. The number of carbonyl (C=O) groups is 1. The summed E-state index contributed by atoms with van der Waals surface area (Å²) < 4.78 is 38.5. The molecule has 1 aromatic heterocycles. The summed E-state index contributed by atoms with van der Waals surface area (Å²) in [6.45, 7) is 1.77. The number of halogens is 3. The van der Waals surface area contributed by atoms with E-state index in [0.717, 1.165) is 25.1 Å². The van der Waals surface area contributed by atoms with Crippen LogP contribution in [0, 0.1) is 0 Å². The molecule has 0 aromatic carbocycles. The number of alkyl halides is 3. The molecule has 0 radical (unpaired) electrons. The summed E-state index contributed by atoms with van der Waals surface area (Å²) in [5.74, 6) is -0.310. The predicted molar refractivity (Wildman–Crippen MR) is 81.4 cm³/mol. The molecule has 1 N–H and O–H groups in total.